The summed E-state index contributed by atoms with van der Waals surface area (Å²) in [5, 5.41) is 4.00. The Labute approximate surface area is 174 Å². The quantitative estimate of drug-likeness (QED) is 0.396. The lowest BCUT2D eigenvalue weighted by atomic mass is 9.66. The van der Waals surface area contributed by atoms with Gasteiger partial charge in [0.2, 0.25) is 0 Å². The molecule has 0 aliphatic heterocycles. The summed E-state index contributed by atoms with van der Waals surface area (Å²) in [7, 11) is 1.70. The van der Waals surface area contributed by atoms with Gasteiger partial charge >= 0.3 is 0 Å². The summed E-state index contributed by atoms with van der Waals surface area (Å²) in [6, 6.07) is 6.35. The molecule has 2 unspecified atom stereocenters. The van der Waals surface area contributed by atoms with Crippen molar-refractivity contribution in [1.29, 1.82) is 0 Å². The molecule has 0 saturated heterocycles. The van der Waals surface area contributed by atoms with Gasteiger partial charge in [-0.3, -0.25) is 0 Å². The topological polar surface area (TPSA) is 78.4 Å². The minimum Gasteiger partial charge on any atom is -0.493 e. The fraction of sp³-hybridized carbons (Fsp3) is 0.652. The van der Waals surface area contributed by atoms with Gasteiger partial charge in [-0.1, -0.05) is 17.6 Å². The van der Waals surface area contributed by atoms with Crippen molar-refractivity contribution in [2.75, 3.05) is 20.3 Å². The molecule has 2 fully saturated rings. The van der Waals surface area contributed by atoms with Crippen molar-refractivity contribution < 1.29 is 14.3 Å². The number of hydrogen-bond acceptors (Lipinski definition) is 5. The van der Waals surface area contributed by atoms with E-state index in [1.54, 1.807) is 14.0 Å². The number of oxime groups is 1. The third kappa shape index (κ3) is 5.30. The molecule has 1 aromatic rings. The Morgan fingerprint density at radius 2 is 2.00 bits per heavy atom. The summed E-state index contributed by atoms with van der Waals surface area (Å²) in [6.45, 7) is 6.43. The standard InChI is InChI=1S/C23H35N3O3/c1-17(25-2)26-28-15-18-7-6-12-23(14-18,16-24)19-10-11-21(27-3)22(13-19)29-20-8-4-5-9-20/h10-11,13,18,20H,2,4-9,12,14-16,24H2,1,3H3/b26-17-. The number of rotatable bonds is 8. The molecule has 0 amide bonds. The van der Waals surface area contributed by atoms with Crippen molar-refractivity contribution in [1.82, 2.24) is 0 Å². The Hall–Kier alpha value is -2.08. The van der Waals surface area contributed by atoms with Gasteiger partial charge < -0.3 is 20.0 Å². The summed E-state index contributed by atoms with van der Waals surface area (Å²) in [5.41, 5.74) is 7.53. The molecule has 6 nitrogen and oxygen atoms in total. The number of nitrogens with zero attached hydrogens (tertiary/aromatic N) is 2. The Balaban J connectivity index is 1.77. The van der Waals surface area contributed by atoms with E-state index in [4.69, 9.17) is 20.0 Å². The molecule has 160 valence electrons. The lowest BCUT2D eigenvalue weighted by Crippen LogP contribution is -2.40. The summed E-state index contributed by atoms with van der Waals surface area (Å²) < 4.78 is 11.9. The van der Waals surface area contributed by atoms with Gasteiger partial charge in [0.25, 0.3) is 0 Å². The lowest BCUT2D eigenvalue weighted by molar-refractivity contribution is 0.0727. The van der Waals surface area contributed by atoms with E-state index in [2.05, 4.69) is 29.0 Å². The van der Waals surface area contributed by atoms with Gasteiger partial charge in [0.1, 0.15) is 6.61 Å². The molecule has 2 aliphatic carbocycles. The van der Waals surface area contributed by atoms with Crippen LogP contribution in [0.5, 0.6) is 11.5 Å². The van der Waals surface area contributed by atoms with Crippen molar-refractivity contribution in [3.05, 3.63) is 23.8 Å². The summed E-state index contributed by atoms with van der Waals surface area (Å²) in [4.78, 5) is 9.28. The average Bonchev–Trinajstić information content (AvgIpc) is 3.26. The highest BCUT2D eigenvalue weighted by Crippen LogP contribution is 2.44. The number of benzene rings is 1. The molecule has 2 saturated carbocycles. The minimum absolute atomic E-state index is 0.0677. The molecule has 1 aromatic carbocycles. The monoisotopic (exact) mass is 401 g/mol. The Morgan fingerprint density at radius 1 is 1.21 bits per heavy atom. The zero-order valence-corrected chi connectivity index (χ0v) is 17.9. The SMILES string of the molecule is C=N/C(C)=N\OCC1CCCC(CN)(c2ccc(OC)c(OC3CCCC3)c2)C1. The van der Waals surface area contributed by atoms with Crippen LogP contribution in [0.25, 0.3) is 0 Å². The lowest BCUT2D eigenvalue weighted by Gasteiger charge is -2.40. The van der Waals surface area contributed by atoms with Gasteiger partial charge in [-0.2, -0.15) is 0 Å². The van der Waals surface area contributed by atoms with Crippen LogP contribution in [0.15, 0.2) is 28.3 Å². The first-order valence-corrected chi connectivity index (χ1v) is 10.8. The fourth-order valence-corrected chi connectivity index (χ4v) is 4.74. The van der Waals surface area contributed by atoms with E-state index < -0.39 is 0 Å². The minimum atomic E-state index is -0.0677. The number of ether oxygens (including phenoxy) is 2. The first-order valence-electron chi connectivity index (χ1n) is 10.8. The molecule has 0 bridgehead atoms. The van der Waals surface area contributed by atoms with Crippen LogP contribution in [0.3, 0.4) is 0 Å². The summed E-state index contributed by atoms with van der Waals surface area (Å²) in [6.07, 6.45) is 9.32. The third-order valence-electron chi connectivity index (χ3n) is 6.45. The highest BCUT2D eigenvalue weighted by Gasteiger charge is 2.38. The third-order valence-corrected chi connectivity index (χ3v) is 6.45. The van der Waals surface area contributed by atoms with Crippen LogP contribution in [-0.4, -0.2) is 38.9 Å². The maximum Gasteiger partial charge on any atom is 0.163 e. The van der Waals surface area contributed by atoms with Gasteiger partial charge in [-0.15, -0.1) is 0 Å². The molecule has 0 radical (unpaired) electrons. The van der Waals surface area contributed by atoms with Crippen LogP contribution in [-0.2, 0) is 10.3 Å². The Morgan fingerprint density at radius 3 is 2.69 bits per heavy atom. The predicted molar refractivity (Wildman–Crippen MR) is 117 cm³/mol. The average molecular weight is 402 g/mol. The molecule has 2 aliphatic rings. The van der Waals surface area contributed by atoms with Crippen molar-refractivity contribution in [3.63, 3.8) is 0 Å². The van der Waals surface area contributed by atoms with Crippen molar-refractivity contribution >= 4 is 12.6 Å². The van der Waals surface area contributed by atoms with E-state index in [-0.39, 0.29) is 5.41 Å². The van der Waals surface area contributed by atoms with Gasteiger partial charge in [0.15, 0.2) is 17.3 Å². The van der Waals surface area contributed by atoms with Crippen molar-refractivity contribution in [3.8, 4) is 11.5 Å². The van der Waals surface area contributed by atoms with Gasteiger partial charge in [0.05, 0.1) is 13.2 Å². The Kier molecular flexibility index (Phi) is 7.53. The number of methoxy groups -OCH3 is 1. The normalized spacial score (nSPS) is 25.6. The predicted octanol–water partition coefficient (Wildman–Crippen LogP) is 4.45. The maximum absolute atomic E-state index is 6.35. The smallest absolute Gasteiger partial charge is 0.163 e. The largest absolute Gasteiger partial charge is 0.493 e. The van der Waals surface area contributed by atoms with Crippen LogP contribution >= 0.6 is 0 Å². The zero-order valence-electron chi connectivity index (χ0n) is 17.9. The number of nitrogens with two attached hydrogens (primary N) is 1. The molecular weight excluding hydrogens is 366 g/mol. The molecule has 0 aromatic heterocycles. The Bertz CT molecular complexity index is 715. The second-order valence-corrected chi connectivity index (χ2v) is 8.43. The van der Waals surface area contributed by atoms with Crippen LogP contribution in [0, 0.1) is 5.92 Å². The van der Waals surface area contributed by atoms with Gasteiger partial charge in [0, 0.05) is 12.0 Å². The molecule has 0 spiro atoms. The van der Waals surface area contributed by atoms with Gasteiger partial charge in [-0.05, 0) is 82.2 Å². The zero-order chi connectivity index (χ0) is 20.7. The number of aliphatic imine (C=N–C) groups is 1. The summed E-state index contributed by atoms with van der Waals surface area (Å²) >= 11 is 0. The molecule has 29 heavy (non-hydrogen) atoms. The number of amidine groups is 1. The van der Waals surface area contributed by atoms with E-state index in [0.29, 0.717) is 31.0 Å². The highest BCUT2D eigenvalue weighted by molar-refractivity contribution is 5.83. The van der Waals surface area contributed by atoms with E-state index in [9.17, 15) is 0 Å². The van der Waals surface area contributed by atoms with E-state index in [1.165, 1.54) is 18.4 Å². The van der Waals surface area contributed by atoms with Crippen molar-refractivity contribution in [2.24, 2.45) is 21.8 Å². The van der Waals surface area contributed by atoms with Crippen LogP contribution in [0.1, 0.15) is 63.9 Å². The van der Waals surface area contributed by atoms with E-state index in [0.717, 1.165) is 50.0 Å². The second-order valence-electron chi connectivity index (χ2n) is 8.43. The molecular formula is C23H35N3O3. The molecule has 0 heterocycles. The van der Waals surface area contributed by atoms with E-state index in [1.807, 2.05) is 6.07 Å². The van der Waals surface area contributed by atoms with Crippen LogP contribution in [0.2, 0.25) is 0 Å². The van der Waals surface area contributed by atoms with Crippen LogP contribution < -0.4 is 15.2 Å². The molecule has 6 heteroatoms. The molecule has 2 N–H and O–H groups in total. The van der Waals surface area contributed by atoms with Gasteiger partial charge in [-0.25, -0.2) is 4.99 Å². The van der Waals surface area contributed by atoms with E-state index >= 15 is 0 Å². The summed E-state index contributed by atoms with van der Waals surface area (Å²) in [5.74, 6) is 2.61. The second kappa shape index (κ2) is 10.1. The first kappa shape index (κ1) is 21.6. The van der Waals surface area contributed by atoms with Crippen molar-refractivity contribution in [2.45, 2.75) is 69.8 Å². The maximum atomic E-state index is 6.35. The van der Waals surface area contributed by atoms with Crippen LogP contribution in [0.4, 0.5) is 0 Å². The molecule has 2 atom stereocenters. The number of hydrogen-bond donors (Lipinski definition) is 1. The highest BCUT2D eigenvalue weighted by atomic mass is 16.6. The molecule has 3 rings (SSSR count). The fourth-order valence-electron chi connectivity index (χ4n) is 4.74. The first-order chi connectivity index (χ1) is 14.1.